The van der Waals surface area contributed by atoms with Crippen LogP contribution in [-0.2, 0) is 0 Å². The standard InChI is InChI=1S/C23H17N3O3/c1-16(27)17-9-11-20(12-10-17)29-23(28)21-15-26(19-7-3-2-4-8-19)25-22(21)18-6-5-13-24-14-18/h2-15H,1H3. The van der Waals surface area contributed by atoms with Gasteiger partial charge in [-0.2, -0.15) is 5.10 Å². The number of Topliss-reactive ketones (excluding diaryl/α,β-unsaturated/α-hetero) is 1. The van der Waals surface area contributed by atoms with E-state index in [9.17, 15) is 9.59 Å². The molecule has 0 aliphatic carbocycles. The molecule has 0 aliphatic rings. The number of ketones is 1. The van der Waals surface area contributed by atoms with Crippen LogP contribution in [0.25, 0.3) is 16.9 Å². The van der Waals surface area contributed by atoms with Gasteiger partial charge in [-0.3, -0.25) is 9.78 Å². The number of nitrogens with zero attached hydrogens (tertiary/aromatic N) is 3. The zero-order chi connectivity index (χ0) is 20.2. The fourth-order valence-electron chi connectivity index (χ4n) is 2.87. The third-order valence-electron chi connectivity index (χ3n) is 4.36. The summed E-state index contributed by atoms with van der Waals surface area (Å²) in [6.07, 6.45) is 4.95. The molecule has 0 saturated carbocycles. The van der Waals surface area contributed by atoms with Crippen LogP contribution in [0.3, 0.4) is 0 Å². The van der Waals surface area contributed by atoms with Crippen LogP contribution in [0.5, 0.6) is 5.75 Å². The lowest BCUT2D eigenvalue weighted by atomic mass is 10.1. The summed E-state index contributed by atoms with van der Waals surface area (Å²) in [5, 5.41) is 4.58. The number of carbonyl (C=O) groups excluding carboxylic acids is 2. The predicted molar refractivity (Wildman–Crippen MR) is 108 cm³/mol. The lowest BCUT2D eigenvalue weighted by Crippen LogP contribution is -2.09. The van der Waals surface area contributed by atoms with E-state index in [1.165, 1.54) is 6.92 Å². The molecule has 0 aliphatic heterocycles. The highest BCUT2D eigenvalue weighted by atomic mass is 16.5. The van der Waals surface area contributed by atoms with E-state index in [-0.39, 0.29) is 5.78 Å². The van der Waals surface area contributed by atoms with Crippen LogP contribution in [-0.4, -0.2) is 26.5 Å². The van der Waals surface area contributed by atoms with Crippen LogP contribution < -0.4 is 4.74 Å². The molecule has 2 aromatic heterocycles. The summed E-state index contributed by atoms with van der Waals surface area (Å²) in [6.45, 7) is 1.49. The van der Waals surface area contributed by atoms with Gasteiger partial charge < -0.3 is 4.74 Å². The molecule has 0 unspecified atom stereocenters. The van der Waals surface area contributed by atoms with Gasteiger partial charge in [0.15, 0.2) is 5.78 Å². The van der Waals surface area contributed by atoms with Crippen molar-refractivity contribution in [3.63, 3.8) is 0 Å². The fourth-order valence-corrected chi connectivity index (χ4v) is 2.87. The second-order valence-corrected chi connectivity index (χ2v) is 6.38. The molecule has 29 heavy (non-hydrogen) atoms. The molecule has 6 heteroatoms. The van der Waals surface area contributed by atoms with Gasteiger partial charge in [0.1, 0.15) is 17.0 Å². The number of benzene rings is 2. The van der Waals surface area contributed by atoms with Crippen LogP contribution in [0.15, 0.2) is 85.3 Å². The second-order valence-electron chi connectivity index (χ2n) is 6.38. The number of hydrogen-bond acceptors (Lipinski definition) is 5. The maximum absolute atomic E-state index is 12.9. The lowest BCUT2D eigenvalue weighted by Gasteiger charge is -2.05. The predicted octanol–water partition coefficient (Wildman–Crippen LogP) is 4.36. The van der Waals surface area contributed by atoms with E-state index in [0.717, 1.165) is 5.69 Å². The Labute approximate surface area is 167 Å². The second kappa shape index (κ2) is 7.90. The van der Waals surface area contributed by atoms with Crippen molar-refractivity contribution in [1.29, 1.82) is 0 Å². The number of carbonyl (C=O) groups is 2. The Morgan fingerprint density at radius 1 is 0.931 bits per heavy atom. The first-order valence-corrected chi connectivity index (χ1v) is 9.00. The molecule has 2 heterocycles. The van der Waals surface area contributed by atoms with E-state index in [1.54, 1.807) is 53.6 Å². The summed E-state index contributed by atoms with van der Waals surface area (Å²) in [5.74, 6) is -0.239. The maximum Gasteiger partial charge on any atom is 0.347 e. The first kappa shape index (κ1) is 18.3. The smallest absolute Gasteiger partial charge is 0.347 e. The first-order valence-electron chi connectivity index (χ1n) is 9.00. The molecule has 2 aromatic carbocycles. The van der Waals surface area contributed by atoms with E-state index in [2.05, 4.69) is 10.1 Å². The summed E-state index contributed by atoms with van der Waals surface area (Å²) in [7, 11) is 0. The van der Waals surface area contributed by atoms with E-state index < -0.39 is 5.97 Å². The quantitative estimate of drug-likeness (QED) is 0.291. The highest BCUT2D eigenvalue weighted by molar-refractivity contribution is 5.97. The van der Waals surface area contributed by atoms with Gasteiger partial charge in [-0.25, -0.2) is 9.48 Å². The van der Waals surface area contributed by atoms with Gasteiger partial charge in [0.2, 0.25) is 0 Å². The Hall–Kier alpha value is -4.06. The Kier molecular flexibility index (Phi) is 4.99. The minimum Gasteiger partial charge on any atom is -0.423 e. The van der Waals surface area contributed by atoms with E-state index in [0.29, 0.717) is 28.1 Å². The van der Waals surface area contributed by atoms with Crippen molar-refractivity contribution in [1.82, 2.24) is 14.8 Å². The summed E-state index contributed by atoms with van der Waals surface area (Å²) in [6, 6.07) is 19.6. The van der Waals surface area contributed by atoms with Gasteiger partial charge in [-0.15, -0.1) is 0 Å². The molecule has 0 spiro atoms. The zero-order valence-corrected chi connectivity index (χ0v) is 15.6. The van der Waals surface area contributed by atoms with Crippen molar-refractivity contribution in [2.45, 2.75) is 6.92 Å². The van der Waals surface area contributed by atoms with Crippen molar-refractivity contribution in [3.8, 4) is 22.7 Å². The summed E-state index contributed by atoms with van der Waals surface area (Å²) < 4.78 is 7.16. The lowest BCUT2D eigenvalue weighted by molar-refractivity contribution is 0.0735. The SMILES string of the molecule is CC(=O)c1ccc(OC(=O)c2cn(-c3ccccc3)nc2-c2cccnc2)cc1. The van der Waals surface area contributed by atoms with Crippen LogP contribution in [0.4, 0.5) is 0 Å². The van der Waals surface area contributed by atoms with Crippen LogP contribution >= 0.6 is 0 Å². The molecule has 4 aromatic rings. The Bertz CT molecular complexity index is 1150. The minimum atomic E-state index is -0.540. The van der Waals surface area contributed by atoms with Crippen LogP contribution in [0, 0.1) is 0 Å². The molecular weight excluding hydrogens is 366 g/mol. The third kappa shape index (κ3) is 3.96. The third-order valence-corrected chi connectivity index (χ3v) is 4.36. The van der Waals surface area contributed by atoms with Crippen LogP contribution in [0.1, 0.15) is 27.6 Å². The summed E-state index contributed by atoms with van der Waals surface area (Å²) in [4.78, 5) is 28.4. The van der Waals surface area contributed by atoms with E-state index in [1.807, 2.05) is 36.4 Å². The number of pyridine rings is 1. The number of rotatable bonds is 5. The van der Waals surface area contributed by atoms with Gasteiger partial charge in [0, 0.05) is 29.7 Å². The maximum atomic E-state index is 12.9. The van der Waals surface area contributed by atoms with Gasteiger partial charge in [-0.1, -0.05) is 18.2 Å². The fraction of sp³-hybridized carbons (Fsp3) is 0.0435. The molecule has 0 saturated heterocycles. The molecule has 0 amide bonds. The van der Waals surface area contributed by atoms with E-state index in [4.69, 9.17) is 4.74 Å². The number of hydrogen-bond donors (Lipinski definition) is 0. The molecule has 4 rings (SSSR count). The van der Waals surface area contributed by atoms with Gasteiger partial charge >= 0.3 is 5.97 Å². The number of esters is 1. The minimum absolute atomic E-state index is 0.0501. The Balaban J connectivity index is 1.70. The number of para-hydroxylation sites is 1. The first-order chi connectivity index (χ1) is 14.1. The van der Waals surface area contributed by atoms with Crippen molar-refractivity contribution < 1.29 is 14.3 Å². The van der Waals surface area contributed by atoms with E-state index >= 15 is 0 Å². The summed E-state index contributed by atoms with van der Waals surface area (Å²) >= 11 is 0. The monoisotopic (exact) mass is 383 g/mol. The average molecular weight is 383 g/mol. The van der Waals surface area contributed by atoms with Gasteiger partial charge in [0.05, 0.1) is 5.69 Å². The zero-order valence-electron chi connectivity index (χ0n) is 15.6. The molecule has 6 nitrogen and oxygen atoms in total. The Morgan fingerprint density at radius 2 is 1.69 bits per heavy atom. The molecule has 0 radical (unpaired) electrons. The normalized spacial score (nSPS) is 10.5. The number of ether oxygens (including phenoxy) is 1. The van der Waals surface area contributed by atoms with Crippen molar-refractivity contribution in [2.24, 2.45) is 0 Å². The number of aromatic nitrogens is 3. The summed E-state index contributed by atoms with van der Waals surface area (Å²) in [5.41, 5.74) is 2.88. The van der Waals surface area contributed by atoms with Crippen molar-refractivity contribution >= 4 is 11.8 Å². The van der Waals surface area contributed by atoms with Crippen molar-refractivity contribution in [2.75, 3.05) is 0 Å². The molecule has 0 N–H and O–H groups in total. The van der Waals surface area contributed by atoms with Gasteiger partial charge in [-0.05, 0) is 55.5 Å². The van der Waals surface area contributed by atoms with Crippen LogP contribution in [0.2, 0.25) is 0 Å². The highest BCUT2D eigenvalue weighted by Crippen LogP contribution is 2.25. The molecule has 0 bridgehead atoms. The molecular formula is C23H17N3O3. The molecule has 142 valence electrons. The largest absolute Gasteiger partial charge is 0.423 e. The highest BCUT2D eigenvalue weighted by Gasteiger charge is 2.21. The molecule has 0 atom stereocenters. The Morgan fingerprint density at radius 3 is 2.34 bits per heavy atom. The van der Waals surface area contributed by atoms with Crippen molar-refractivity contribution in [3.05, 3.63) is 96.4 Å². The average Bonchev–Trinajstić information content (AvgIpc) is 3.21. The molecule has 0 fully saturated rings. The topological polar surface area (TPSA) is 74.1 Å². The van der Waals surface area contributed by atoms with Gasteiger partial charge in [0.25, 0.3) is 0 Å².